The summed E-state index contributed by atoms with van der Waals surface area (Å²) in [4.78, 5) is 8.16. The van der Waals surface area contributed by atoms with E-state index in [1.165, 1.54) is 46.4 Å². The van der Waals surface area contributed by atoms with Gasteiger partial charge in [0.15, 0.2) is 0 Å². The molecule has 0 aliphatic rings. The van der Waals surface area contributed by atoms with Crippen LogP contribution >= 0.6 is 0 Å². The van der Waals surface area contributed by atoms with Crippen molar-refractivity contribution in [3.05, 3.63) is 96.1 Å². The van der Waals surface area contributed by atoms with E-state index in [1.807, 2.05) is 0 Å². The quantitative estimate of drug-likeness (QED) is 0.444. The van der Waals surface area contributed by atoms with E-state index in [2.05, 4.69) is 20.2 Å². The molecule has 0 fully saturated rings. The van der Waals surface area contributed by atoms with Crippen LogP contribution in [0.3, 0.4) is 0 Å². The fourth-order valence-electron chi connectivity index (χ4n) is 3.37. The number of aliphatic imine (C=N–C) groups is 1. The molecule has 2 heterocycles. The van der Waals surface area contributed by atoms with Crippen molar-refractivity contribution < 1.29 is 18.3 Å². The van der Waals surface area contributed by atoms with E-state index in [0.717, 1.165) is 12.1 Å². The Morgan fingerprint density at radius 3 is 2.53 bits per heavy atom. The molecule has 2 aromatic carbocycles. The lowest BCUT2D eigenvalue weighted by Gasteiger charge is -2.34. The molecule has 0 spiro atoms. The third kappa shape index (κ3) is 4.45. The van der Waals surface area contributed by atoms with Crippen LogP contribution in [0.2, 0.25) is 0 Å². The van der Waals surface area contributed by atoms with E-state index in [1.54, 1.807) is 31.5 Å². The Labute approximate surface area is 181 Å². The van der Waals surface area contributed by atoms with Crippen LogP contribution in [0.4, 0.5) is 18.9 Å². The van der Waals surface area contributed by atoms with Crippen molar-refractivity contribution in [3.8, 4) is 0 Å². The summed E-state index contributed by atoms with van der Waals surface area (Å²) in [6.45, 7) is 1.50. The number of aliphatic hydroxyl groups is 1. The number of nitrogens with zero attached hydrogens (tertiary/aromatic N) is 6. The van der Waals surface area contributed by atoms with E-state index in [0.29, 0.717) is 11.3 Å². The van der Waals surface area contributed by atoms with E-state index < -0.39 is 23.3 Å². The first kappa shape index (κ1) is 21.4. The van der Waals surface area contributed by atoms with Gasteiger partial charge in [-0.3, -0.25) is 9.67 Å². The molecule has 10 heteroatoms. The Bertz CT molecular complexity index is 1220. The predicted octanol–water partition coefficient (Wildman–Crippen LogP) is 3.79. The van der Waals surface area contributed by atoms with E-state index in [9.17, 15) is 18.3 Å². The van der Waals surface area contributed by atoms with E-state index >= 15 is 0 Å². The lowest BCUT2D eigenvalue weighted by atomic mass is 9.86. The fraction of sp³-hybridized carbons (Fsp3) is 0.182. The first-order valence-electron chi connectivity index (χ1n) is 9.69. The van der Waals surface area contributed by atoms with Gasteiger partial charge in [0.05, 0.1) is 25.0 Å². The summed E-state index contributed by atoms with van der Waals surface area (Å²) >= 11 is 0. The highest BCUT2D eigenvalue weighted by molar-refractivity contribution is 5.81. The van der Waals surface area contributed by atoms with Crippen LogP contribution in [0.5, 0.6) is 0 Å². The molecule has 0 amide bonds. The van der Waals surface area contributed by atoms with Gasteiger partial charge in [-0.2, -0.15) is 10.2 Å². The average Bonchev–Trinajstić information content (AvgIpc) is 3.44. The second kappa shape index (κ2) is 8.75. The maximum atomic E-state index is 14.7. The molecule has 0 saturated carbocycles. The molecule has 164 valence electrons. The van der Waals surface area contributed by atoms with Crippen LogP contribution in [0.25, 0.3) is 0 Å². The third-order valence-electron chi connectivity index (χ3n) is 5.18. The zero-order chi connectivity index (χ0) is 22.7. The standard InChI is InChI=1S/C22H19F3N6O/c1-15(31-11-19(10-28-31)27-9-16-2-4-17(23)5-3-16)22(32,12-30-14-26-13-29-30)20-7-6-18(24)8-21(20)25/h2-11,13-15,32H,12H2,1H3/b27-9+/t15-,22-/m1/s1. The van der Waals surface area contributed by atoms with Gasteiger partial charge in [-0.15, -0.1) is 0 Å². The van der Waals surface area contributed by atoms with Crippen LogP contribution < -0.4 is 0 Å². The summed E-state index contributed by atoms with van der Waals surface area (Å²) in [5.41, 5.74) is -0.768. The first-order valence-corrected chi connectivity index (χ1v) is 9.69. The molecular formula is C22H19F3N6O. The largest absolute Gasteiger partial charge is 0.381 e. The number of aromatic nitrogens is 5. The van der Waals surface area contributed by atoms with Crippen molar-refractivity contribution in [3.63, 3.8) is 0 Å². The average molecular weight is 440 g/mol. The van der Waals surface area contributed by atoms with Gasteiger partial charge in [0.1, 0.15) is 41.4 Å². The smallest absolute Gasteiger partial charge is 0.137 e. The van der Waals surface area contributed by atoms with E-state index in [-0.39, 0.29) is 17.9 Å². The number of rotatable bonds is 7. The second-order valence-electron chi connectivity index (χ2n) is 7.31. The summed E-state index contributed by atoms with van der Waals surface area (Å²) in [5.74, 6) is -1.98. The minimum Gasteiger partial charge on any atom is -0.381 e. The lowest BCUT2D eigenvalue weighted by molar-refractivity contribution is -0.0368. The van der Waals surface area contributed by atoms with Crippen molar-refractivity contribution in [2.75, 3.05) is 0 Å². The number of hydrogen-bond donors (Lipinski definition) is 1. The van der Waals surface area contributed by atoms with Crippen molar-refractivity contribution in [1.29, 1.82) is 0 Å². The Kier molecular flexibility index (Phi) is 5.87. The maximum absolute atomic E-state index is 14.7. The van der Waals surface area contributed by atoms with Crippen molar-refractivity contribution >= 4 is 11.9 Å². The zero-order valence-electron chi connectivity index (χ0n) is 17.0. The molecule has 0 radical (unpaired) electrons. The molecule has 4 aromatic rings. The van der Waals surface area contributed by atoms with E-state index in [4.69, 9.17) is 0 Å². The van der Waals surface area contributed by atoms with Crippen molar-refractivity contribution in [2.24, 2.45) is 4.99 Å². The Morgan fingerprint density at radius 1 is 1.09 bits per heavy atom. The normalized spacial score (nSPS) is 14.5. The minimum atomic E-state index is -1.84. The van der Waals surface area contributed by atoms with Crippen molar-refractivity contribution in [1.82, 2.24) is 24.5 Å². The molecule has 2 aromatic heterocycles. The maximum Gasteiger partial charge on any atom is 0.137 e. The van der Waals surface area contributed by atoms with Crippen LogP contribution in [-0.2, 0) is 12.1 Å². The number of halogens is 3. The fourth-order valence-corrected chi connectivity index (χ4v) is 3.37. The van der Waals surface area contributed by atoms with Crippen molar-refractivity contribution in [2.45, 2.75) is 25.1 Å². The molecule has 0 unspecified atom stereocenters. The Balaban J connectivity index is 1.65. The highest BCUT2D eigenvalue weighted by Gasteiger charge is 2.40. The highest BCUT2D eigenvalue weighted by Crippen LogP contribution is 2.36. The summed E-state index contributed by atoms with van der Waals surface area (Å²) in [5, 5.41) is 19.9. The number of benzene rings is 2. The van der Waals surface area contributed by atoms with Gasteiger partial charge < -0.3 is 5.11 Å². The summed E-state index contributed by atoms with van der Waals surface area (Å²) in [7, 11) is 0. The predicted molar refractivity (Wildman–Crippen MR) is 111 cm³/mol. The topological polar surface area (TPSA) is 81.1 Å². The zero-order valence-corrected chi connectivity index (χ0v) is 17.0. The molecule has 32 heavy (non-hydrogen) atoms. The van der Waals surface area contributed by atoms with Gasteiger partial charge in [0, 0.05) is 17.8 Å². The summed E-state index contributed by atoms with van der Waals surface area (Å²) < 4.78 is 44.0. The highest BCUT2D eigenvalue weighted by atomic mass is 19.1. The minimum absolute atomic E-state index is 0.103. The monoisotopic (exact) mass is 440 g/mol. The Hall–Kier alpha value is -3.79. The van der Waals surface area contributed by atoms with Crippen LogP contribution in [0.1, 0.15) is 24.1 Å². The van der Waals surface area contributed by atoms with Gasteiger partial charge in [-0.05, 0) is 30.7 Å². The van der Waals surface area contributed by atoms with Gasteiger partial charge in [0.25, 0.3) is 0 Å². The van der Waals surface area contributed by atoms with Crippen LogP contribution in [0.15, 0.2) is 72.5 Å². The van der Waals surface area contributed by atoms with Gasteiger partial charge >= 0.3 is 0 Å². The first-order chi connectivity index (χ1) is 15.3. The summed E-state index contributed by atoms with van der Waals surface area (Å²) in [6, 6.07) is 8.04. The van der Waals surface area contributed by atoms with Crippen LogP contribution in [0, 0.1) is 17.5 Å². The summed E-state index contributed by atoms with van der Waals surface area (Å²) in [6.07, 6.45) is 7.29. The molecule has 0 bridgehead atoms. The molecule has 4 rings (SSSR count). The molecule has 7 nitrogen and oxygen atoms in total. The van der Waals surface area contributed by atoms with Gasteiger partial charge in [0.2, 0.25) is 0 Å². The SMILES string of the molecule is C[C@@H](n1cc(/N=C/c2ccc(F)cc2)cn1)[C@](O)(Cn1cncn1)c1ccc(F)cc1F. The molecular weight excluding hydrogens is 421 g/mol. The third-order valence-corrected chi connectivity index (χ3v) is 5.18. The van der Waals surface area contributed by atoms with Gasteiger partial charge in [-0.25, -0.2) is 22.8 Å². The molecule has 0 aliphatic carbocycles. The van der Waals surface area contributed by atoms with Gasteiger partial charge in [-0.1, -0.05) is 18.2 Å². The molecule has 0 saturated heterocycles. The van der Waals surface area contributed by atoms with Crippen LogP contribution in [-0.4, -0.2) is 35.9 Å². The molecule has 2 atom stereocenters. The molecule has 0 aliphatic heterocycles. The lowest BCUT2D eigenvalue weighted by Crippen LogP contribution is -2.40. The molecule has 1 N–H and O–H groups in total. The second-order valence-corrected chi connectivity index (χ2v) is 7.31. The number of hydrogen-bond acceptors (Lipinski definition) is 5. The Morgan fingerprint density at radius 2 is 1.84 bits per heavy atom.